The van der Waals surface area contributed by atoms with Crippen LogP contribution in [0, 0.1) is 5.82 Å². The zero-order valence-electron chi connectivity index (χ0n) is 15.6. The molecule has 1 aromatic heterocycles. The molecule has 0 saturated heterocycles. The molecule has 2 aromatic carbocycles. The van der Waals surface area contributed by atoms with E-state index in [4.69, 9.17) is 0 Å². The maximum Gasteiger partial charge on any atom is 0.341 e. The van der Waals surface area contributed by atoms with Gasteiger partial charge in [-0.2, -0.15) is 8.78 Å². The molecule has 0 radical (unpaired) electrons. The minimum atomic E-state index is -4.86. The minimum absolute atomic E-state index is 0.179. The van der Waals surface area contributed by atoms with Crippen LogP contribution < -0.4 is 5.32 Å². The first-order chi connectivity index (χ1) is 14.8. The Balaban J connectivity index is 1.60. The van der Waals surface area contributed by atoms with Crippen LogP contribution in [-0.4, -0.2) is 41.0 Å². The zero-order valence-corrected chi connectivity index (χ0v) is 17.3. The number of aromatic nitrogens is 3. The largest absolute Gasteiger partial charge is 0.341 e. The average Bonchev–Trinajstić information content (AvgIpc) is 3.20. The number of sulfone groups is 1. The first kappa shape index (κ1) is 22.6. The second-order valence-electron chi connectivity index (χ2n) is 6.03. The monoisotopic (exact) mass is 468 g/mol. The van der Waals surface area contributed by atoms with Crippen LogP contribution in [0.3, 0.4) is 0 Å². The summed E-state index contributed by atoms with van der Waals surface area (Å²) >= 11 is 0.965. The van der Waals surface area contributed by atoms with E-state index in [2.05, 4.69) is 20.5 Å². The number of hydrogen-bond donors (Lipinski definition) is 2. The number of alkyl halides is 2. The highest BCUT2D eigenvalue weighted by Gasteiger charge is 2.29. The number of thioether (sulfide) groups is 1. The Morgan fingerprint density at radius 2 is 1.84 bits per heavy atom. The van der Waals surface area contributed by atoms with Crippen molar-refractivity contribution in [3.63, 3.8) is 0 Å². The van der Waals surface area contributed by atoms with Gasteiger partial charge in [0.2, 0.25) is 20.9 Å². The molecule has 2 N–H and O–H groups in total. The van der Waals surface area contributed by atoms with Gasteiger partial charge in [0.05, 0.1) is 16.3 Å². The molecule has 0 fully saturated rings. The molecule has 0 aliphatic carbocycles. The fourth-order valence-electron chi connectivity index (χ4n) is 2.38. The number of para-hydroxylation sites is 1. The first-order valence-electron chi connectivity index (χ1n) is 8.65. The van der Waals surface area contributed by atoms with Crippen molar-refractivity contribution in [1.29, 1.82) is 0 Å². The number of anilines is 1. The van der Waals surface area contributed by atoms with Crippen molar-refractivity contribution >= 4 is 45.3 Å². The molecule has 1 amide bonds. The highest BCUT2D eigenvalue weighted by atomic mass is 32.2. The molecule has 162 valence electrons. The van der Waals surface area contributed by atoms with Crippen LogP contribution >= 0.6 is 11.8 Å². The SMILES string of the molecule is O=C(CSc1n[nH]c(C=Cc2ccc(F)cc2)n1)Nc1ccccc1S(=O)(=O)C(F)F. The standard InChI is InChI=1S/C19H15F3N4O3S2/c20-13-8-5-12(6-9-13)7-10-16-24-19(26-25-16)30-11-17(27)23-14-3-1-2-4-15(14)31(28,29)18(21)22/h1-10,18H,11H2,(H,23,27)(H,24,25,26). The molecule has 0 unspecified atom stereocenters. The normalized spacial score (nSPS) is 11.9. The Morgan fingerprint density at radius 1 is 1.13 bits per heavy atom. The van der Waals surface area contributed by atoms with Crippen LogP contribution in [0.15, 0.2) is 58.6 Å². The fourth-order valence-corrected chi connectivity index (χ4v) is 3.87. The highest BCUT2D eigenvalue weighted by Crippen LogP contribution is 2.26. The molecule has 0 saturated carbocycles. The second kappa shape index (κ2) is 9.79. The summed E-state index contributed by atoms with van der Waals surface area (Å²) in [6, 6.07) is 10.8. The molecule has 0 aliphatic rings. The Morgan fingerprint density at radius 3 is 2.55 bits per heavy atom. The Hall–Kier alpha value is -3.12. The van der Waals surface area contributed by atoms with Crippen molar-refractivity contribution in [2.75, 3.05) is 11.1 Å². The van der Waals surface area contributed by atoms with Crippen LogP contribution in [0.25, 0.3) is 12.2 Å². The van der Waals surface area contributed by atoms with E-state index in [1.165, 1.54) is 30.3 Å². The van der Waals surface area contributed by atoms with Crippen molar-refractivity contribution in [2.24, 2.45) is 0 Å². The molecule has 7 nitrogen and oxygen atoms in total. The number of nitrogens with zero attached hydrogens (tertiary/aromatic N) is 2. The van der Waals surface area contributed by atoms with Gasteiger partial charge >= 0.3 is 5.76 Å². The summed E-state index contributed by atoms with van der Waals surface area (Å²) in [5, 5.41) is 9.18. The van der Waals surface area contributed by atoms with Gasteiger partial charge in [-0.15, -0.1) is 5.10 Å². The summed E-state index contributed by atoms with van der Waals surface area (Å²) in [7, 11) is -4.86. The van der Waals surface area contributed by atoms with E-state index in [0.717, 1.165) is 23.4 Å². The maximum atomic E-state index is 12.9. The number of carbonyl (C=O) groups is 1. The predicted molar refractivity (Wildman–Crippen MR) is 111 cm³/mol. The van der Waals surface area contributed by atoms with Crippen LogP contribution in [0.1, 0.15) is 11.4 Å². The molecule has 3 rings (SSSR count). The van der Waals surface area contributed by atoms with Crippen molar-refractivity contribution in [2.45, 2.75) is 15.8 Å². The number of nitrogens with one attached hydrogen (secondary N) is 2. The van der Waals surface area contributed by atoms with Gasteiger partial charge in [-0.1, -0.05) is 42.1 Å². The van der Waals surface area contributed by atoms with Crippen molar-refractivity contribution in [1.82, 2.24) is 15.2 Å². The van der Waals surface area contributed by atoms with Gasteiger partial charge in [0.1, 0.15) is 11.6 Å². The zero-order chi connectivity index (χ0) is 22.4. The van der Waals surface area contributed by atoms with Gasteiger partial charge in [-0.3, -0.25) is 9.89 Å². The van der Waals surface area contributed by atoms with Crippen molar-refractivity contribution in [3.8, 4) is 0 Å². The topological polar surface area (TPSA) is 105 Å². The van der Waals surface area contributed by atoms with Crippen molar-refractivity contribution < 1.29 is 26.4 Å². The Bertz CT molecular complexity index is 1200. The van der Waals surface area contributed by atoms with Gasteiger partial charge in [0.15, 0.2) is 0 Å². The number of carbonyl (C=O) groups excluding carboxylic acids is 1. The summed E-state index contributed by atoms with van der Waals surface area (Å²) in [6.45, 7) is 0. The van der Waals surface area contributed by atoms with Crippen LogP contribution in [0.4, 0.5) is 18.9 Å². The van der Waals surface area contributed by atoms with Crippen molar-refractivity contribution in [3.05, 3.63) is 65.7 Å². The maximum absolute atomic E-state index is 12.9. The lowest BCUT2D eigenvalue weighted by molar-refractivity contribution is -0.113. The first-order valence-corrected chi connectivity index (χ1v) is 11.2. The number of aromatic amines is 1. The molecule has 0 spiro atoms. The number of rotatable bonds is 8. The molecular formula is C19H15F3N4O3S2. The molecular weight excluding hydrogens is 453 g/mol. The number of amides is 1. The van der Waals surface area contributed by atoms with E-state index in [9.17, 15) is 26.4 Å². The lowest BCUT2D eigenvalue weighted by Crippen LogP contribution is -2.19. The molecule has 12 heteroatoms. The number of benzene rings is 2. The molecule has 3 aromatic rings. The van der Waals surface area contributed by atoms with E-state index < -0.39 is 26.4 Å². The van der Waals surface area contributed by atoms with E-state index in [1.54, 1.807) is 24.3 Å². The molecule has 0 bridgehead atoms. The van der Waals surface area contributed by atoms with E-state index in [0.29, 0.717) is 5.82 Å². The van der Waals surface area contributed by atoms with E-state index >= 15 is 0 Å². The minimum Gasteiger partial charge on any atom is -0.324 e. The van der Waals surface area contributed by atoms with Crippen LogP contribution in [0.5, 0.6) is 0 Å². The van der Waals surface area contributed by atoms with Gasteiger partial charge in [0.25, 0.3) is 0 Å². The summed E-state index contributed by atoms with van der Waals surface area (Å²) in [6.07, 6.45) is 3.32. The van der Waals surface area contributed by atoms with Gasteiger partial charge in [-0.05, 0) is 35.9 Å². The van der Waals surface area contributed by atoms with Crippen LogP contribution in [0.2, 0.25) is 0 Å². The van der Waals surface area contributed by atoms with E-state index in [-0.39, 0.29) is 22.4 Å². The fraction of sp³-hybridized carbons (Fsp3) is 0.105. The third-order valence-corrected chi connectivity index (χ3v) is 6.11. The smallest absolute Gasteiger partial charge is 0.324 e. The second-order valence-corrected chi connectivity index (χ2v) is 8.86. The molecule has 1 heterocycles. The predicted octanol–water partition coefficient (Wildman–Crippen LogP) is 3.84. The number of hydrogen-bond acceptors (Lipinski definition) is 6. The molecule has 0 atom stereocenters. The third kappa shape index (κ3) is 5.95. The quantitative estimate of drug-likeness (QED) is 0.487. The summed E-state index contributed by atoms with van der Waals surface area (Å²) in [5.74, 6) is -4.34. The van der Waals surface area contributed by atoms with Gasteiger partial charge in [-0.25, -0.2) is 17.8 Å². The summed E-state index contributed by atoms with van der Waals surface area (Å²) < 4.78 is 62.0. The lowest BCUT2D eigenvalue weighted by atomic mass is 10.2. The molecule has 31 heavy (non-hydrogen) atoms. The Kier molecular flexibility index (Phi) is 7.13. The number of H-pyrrole nitrogens is 1. The lowest BCUT2D eigenvalue weighted by Gasteiger charge is -2.10. The summed E-state index contributed by atoms with van der Waals surface area (Å²) in [4.78, 5) is 15.7. The van der Waals surface area contributed by atoms with Gasteiger partial charge in [0, 0.05) is 0 Å². The van der Waals surface area contributed by atoms with E-state index in [1.807, 2.05) is 0 Å². The summed E-state index contributed by atoms with van der Waals surface area (Å²) in [5.41, 5.74) is 0.523. The van der Waals surface area contributed by atoms with Gasteiger partial charge < -0.3 is 5.32 Å². The third-order valence-electron chi connectivity index (χ3n) is 3.82. The average molecular weight is 468 g/mol. The highest BCUT2D eigenvalue weighted by molar-refractivity contribution is 7.99. The molecule has 0 aliphatic heterocycles. The number of halogens is 3. The van der Waals surface area contributed by atoms with Crippen LogP contribution in [-0.2, 0) is 14.6 Å². The Labute approximate surface area is 179 Å².